The molecule has 0 spiro atoms. The second-order valence-corrected chi connectivity index (χ2v) is 6.16. The van der Waals surface area contributed by atoms with Gasteiger partial charge in [0.05, 0.1) is 15.9 Å². The zero-order valence-electron chi connectivity index (χ0n) is 12.5. The highest BCUT2D eigenvalue weighted by Crippen LogP contribution is 2.32. The first-order valence-electron chi connectivity index (χ1n) is 7.04. The Bertz CT molecular complexity index is 785. The molecule has 0 fully saturated rings. The Kier molecular flexibility index (Phi) is 4.31. The van der Waals surface area contributed by atoms with Crippen LogP contribution in [0.4, 0.5) is 10.3 Å². The van der Waals surface area contributed by atoms with E-state index in [1.807, 2.05) is 31.6 Å². The van der Waals surface area contributed by atoms with Crippen LogP contribution in [0.3, 0.4) is 0 Å². The molecule has 0 amide bonds. The van der Waals surface area contributed by atoms with E-state index in [1.54, 1.807) is 12.1 Å². The predicted molar refractivity (Wildman–Crippen MR) is 89.9 cm³/mol. The van der Waals surface area contributed by atoms with Gasteiger partial charge in [-0.15, -0.1) is 11.3 Å². The molecule has 0 unspecified atom stereocenters. The Morgan fingerprint density at radius 3 is 2.77 bits per heavy atom. The number of anilines is 1. The lowest BCUT2D eigenvalue weighted by atomic mass is 10.1. The molecule has 0 radical (unpaired) electrons. The Morgan fingerprint density at radius 2 is 2.00 bits per heavy atom. The summed E-state index contributed by atoms with van der Waals surface area (Å²) in [5.74, 6) is 0.265. The topological polar surface area (TPSA) is 41.0 Å². The van der Waals surface area contributed by atoms with E-state index in [4.69, 9.17) is 0 Å². The summed E-state index contributed by atoms with van der Waals surface area (Å²) in [7, 11) is 4.02. The number of thiophene rings is 1. The van der Waals surface area contributed by atoms with Gasteiger partial charge in [0.25, 0.3) is 0 Å². The number of rotatable bonds is 5. The molecule has 0 aliphatic heterocycles. The second-order valence-electron chi connectivity index (χ2n) is 5.24. The van der Waals surface area contributed by atoms with Crippen LogP contribution in [-0.2, 0) is 0 Å². The average molecular weight is 316 g/mol. The van der Waals surface area contributed by atoms with E-state index < -0.39 is 0 Å². The maximum atomic E-state index is 14.1. The molecule has 1 N–H and O–H groups in total. The van der Waals surface area contributed by atoms with Crippen molar-refractivity contribution in [1.29, 1.82) is 0 Å². The van der Waals surface area contributed by atoms with Crippen LogP contribution in [0.15, 0.2) is 35.7 Å². The number of halogens is 1. The Hall–Kier alpha value is -2.05. The fourth-order valence-electron chi connectivity index (χ4n) is 2.17. The van der Waals surface area contributed by atoms with E-state index in [0.717, 1.165) is 23.3 Å². The van der Waals surface area contributed by atoms with E-state index >= 15 is 0 Å². The number of benzene rings is 1. The van der Waals surface area contributed by atoms with Crippen molar-refractivity contribution in [1.82, 2.24) is 14.9 Å². The molecule has 3 rings (SSSR count). The molecule has 0 bridgehead atoms. The van der Waals surface area contributed by atoms with Crippen molar-refractivity contribution in [3.8, 4) is 11.3 Å². The van der Waals surface area contributed by atoms with Gasteiger partial charge < -0.3 is 10.2 Å². The van der Waals surface area contributed by atoms with E-state index in [0.29, 0.717) is 17.2 Å². The number of fused-ring (bicyclic) bond motifs is 1. The highest BCUT2D eigenvalue weighted by Gasteiger charge is 2.14. The number of aromatic nitrogens is 2. The van der Waals surface area contributed by atoms with Crippen LogP contribution >= 0.6 is 11.3 Å². The van der Waals surface area contributed by atoms with Crippen molar-refractivity contribution >= 4 is 27.5 Å². The summed E-state index contributed by atoms with van der Waals surface area (Å²) in [5, 5.41) is 5.16. The molecule has 2 heterocycles. The summed E-state index contributed by atoms with van der Waals surface area (Å²) < 4.78 is 15.0. The van der Waals surface area contributed by atoms with Gasteiger partial charge in [-0.1, -0.05) is 12.1 Å². The summed E-state index contributed by atoms with van der Waals surface area (Å²) >= 11 is 1.53. The Morgan fingerprint density at radius 1 is 1.18 bits per heavy atom. The molecule has 22 heavy (non-hydrogen) atoms. The summed E-state index contributed by atoms with van der Waals surface area (Å²) in [6.45, 7) is 1.61. The number of hydrogen-bond acceptors (Lipinski definition) is 5. The second kappa shape index (κ2) is 6.37. The van der Waals surface area contributed by atoms with Crippen molar-refractivity contribution < 1.29 is 4.39 Å². The standard InChI is InChI=1S/C16H17FN4S/c1-21(2)9-8-18-16-19-13-7-10-22-15(13)14(20-16)11-5-3-4-6-12(11)17/h3-7,10H,8-9H2,1-2H3,(H,18,19,20). The number of nitrogens with zero attached hydrogens (tertiary/aromatic N) is 3. The van der Waals surface area contributed by atoms with Gasteiger partial charge in [0, 0.05) is 18.7 Å². The molecular weight excluding hydrogens is 299 g/mol. The first-order valence-corrected chi connectivity index (χ1v) is 7.92. The normalized spacial score (nSPS) is 11.3. The first kappa shape index (κ1) is 14.9. The molecule has 0 saturated heterocycles. The fraction of sp³-hybridized carbons (Fsp3) is 0.250. The van der Waals surface area contributed by atoms with Crippen LogP contribution in [0.5, 0.6) is 0 Å². The van der Waals surface area contributed by atoms with Crippen LogP contribution in [-0.4, -0.2) is 42.1 Å². The highest BCUT2D eigenvalue weighted by atomic mass is 32.1. The third-order valence-corrected chi connectivity index (χ3v) is 4.19. The number of likely N-dealkylation sites (N-methyl/N-ethyl adjacent to an activating group) is 1. The number of hydrogen-bond donors (Lipinski definition) is 1. The molecule has 0 saturated carbocycles. The minimum absolute atomic E-state index is 0.268. The summed E-state index contributed by atoms with van der Waals surface area (Å²) in [4.78, 5) is 11.1. The molecule has 6 heteroatoms. The Balaban J connectivity index is 2.01. The van der Waals surface area contributed by atoms with Crippen LogP contribution in [0.1, 0.15) is 0 Å². The predicted octanol–water partition coefficient (Wildman–Crippen LogP) is 3.47. The van der Waals surface area contributed by atoms with Gasteiger partial charge in [0.2, 0.25) is 5.95 Å². The van der Waals surface area contributed by atoms with E-state index in [-0.39, 0.29) is 5.82 Å². The van der Waals surface area contributed by atoms with Gasteiger partial charge in [-0.25, -0.2) is 14.4 Å². The van der Waals surface area contributed by atoms with Crippen molar-refractivity contribution in [2.24, 2.45) is 0 Å². The molecule has 1 aromatic carbocycles. The molecule has 3 aromatic rings. The zero-order valence-corrected chi connectivity index (χ0v) is 13.3. The van der Waals surface area contributed by atoms with Crippen LogP contribution in [0.25, 0.3) is 21.5 Å². The minimum atomic E-state index is -0.268. The van der Waals surface area contributed by atoms with E-state index in [1.165, 1.54) is 17.4 Å². The largest absolute Gasteiger partial charge is 0.353 e. The first-order chi connectivity index (χ1) is 10.6. The molecule has 0 atom stereocenters. The molecule has 4 nitrogen and oxygen atoms in total. The van der Waals surface area contributed by atoms with Crippen LogP contribution in [0.2, 0.25) is 0 Å². The summed E-state index contributed by atoms with van der Waals surface area (Å²) in [6, 6.07) is 8.64. The average Bonchev–Trinajstić information content (AvgIpc) is 2.95. The van der Waals surface area contributed by atoms with Crippen molar-refractivity contribution in [2.45, 2.75) is 0 Å². The smallest absolute Gasteiger partial charge is 0.223 e. The molecule has 0 aliphatic rings. The molecule has 0 aliphatic carbocycles. The third-order valence-electron chi connectivity index (χ3n) is 3.27. The van der Waals surface area contributed by atoms with Crippen molar-refractivity contribution in [2.75, 3.05) is 32.5 Å². The van der Waals surface area contributed by atoms with Gasteiger partial charge in [0.15, 0.2) is 0 Å². The fourth-order valence-corrected chi connectivity index (χ4v) is 3.00. The van der Waals surface area contributed by atoms with Crippen molar-refractivity contribution in [3.63, 3.8) is 0 Å². The SMILES string of the molecule is CN(C)CCNc1nc(-c2ccccc2F)c2sccc2n1. The number of nitrogens with one attached hydrogen (secondary N) is 1. The maximum Gasteiger partial charge on any atom is 0.223 e. The quantitative estimate of drug-likeness (QED) is 0.782. The van der Waals surface area contributed by atoms with Gasteiger partial charge in [-0.05, 0) is 37.7 Å². The van der Waals surface area contributed by atoms with Gasteiger partial charge in [0.1, 0.15) is 5.82 Å². The monoisotopic (exact) mass is 316 g/mol. The van der Waals surface area contributed by atoms with Crippen LogP contribution < -0.4 is 5.32 Å². The van der Waals surface area contributed by atoms with E-state index in [9.17, 15) is 4.39 Å². The Labute approximate surface area is 132 Å². The maximum absolute atomic E-state index is 14.1. The van der Waals surface area contributed by atoms with Crippen molar-refractivity contribution in [3.05, 3.63) is 41.5 Å². The van der Waals surface area contributed by atoms with Gasteiger partial charge >= 0.3 is 0 Å². The molecule has 114 valence electrons. The lowest BCUT2D eigenvalue weighted by Gasteiger charge is -2.11. The molecular formula is C16H17FN4S. The summed E-state index contributed by atoms with van der Waals surface area (Å²) in [6.07, 6.45) is 0. The highest BCUT2D eigenvalue weighted by molar-refractivity contribution is 7.17. The lowest BCUT2D eigenvalue weighted by Crippen LogP contribution is -2.21. The van der Waals surface area contributed by atoms with Crippen LogP contribution in [0, 0.1) is 5.82 Å². The molecule has 2 aromatic heterocycles. The van der Waals surface area contributed by atoms with E-state index in [2.05, 4.69) is 20.2 Å². The van der Waals surface area contributed by atoms with Gasteiger partial charge in [-0.3, -0.25) is 0 Å². The minimum Gasteiger partial charge on any atom is -0.353 e. The lowest BCUT2D eigenvalue weighted by molar-refractivity contribution is 0.425. The zero-order chi connectivity index (χ0) is 15.5. The third kappa shape index (κ3) is 3.08. The van der Waals surface area contributed by atoms with Gasteiger partial charge in [-0.2, -0.15) is 0 Å². The summed E-state index contributed by atoms with van der Waals surface area (Å²) in [5.41, 5.74) is 1.99.